The summed E-state index contributed by atoms with van der Waals surface area (Å²) in [6.07, 6.45) is 1.94. The maximum Gasteiger partial charge on any atom is 0.272 e. The average Bonchev–Trinajstić information content (AvgIpc) is 3.00. The maximum atomic E-state index is 12.6. The highest BCUT2D eigenvalue weighted by Gasteiger charge is 2.33. The van der Waals surface area contributed by atoms with Gasteiger partial charge in [0.2, 0.25) is 5.95 Å². The molecule has 1 N–H and O–H groups in total. The van der Waals surface area contributed by atoms with Gasteiger partial charge in [-0.05, 0) is 24.6 Å². The van der Waals surface area contributed by atoms with Gasteiger partial charge in [0.25, 0.3) is 5.91 Å². The molecule has 3 rings (SSSR count). The summed E-state index contributed by atoms with van der Waals surface area (Å²) in [5, 5.41) is 3.03. The molecule has 2 aromatic rings. The van der Waals surface area contributed by atoms with Crippen LogP contribution in [-0.2, 0) is 9.84 Å². The van der Waals surface area contributed by atoms with Crippen LogP contribution < -0.4 is 10.1 Å². The highest BCUT2D eigenvalue weighted by atomic mass is 32.2. The molecule has 2 heterocycles. The molecule has 1 saturated heterocycles. The first-order valence-electron chi connectivity index (χ1n) is 8.10. The van der Waals surface area contributed by atoms with Gasteiger partial charge in [0.15, 0.2) is 9.84 Å². The number of benzene rings is 1. The van der Waals surface area contributed by atoms with E-state index in [9.17, 15) is 13.2 Å². The van der Waals surface area contributed by atoms with Crippen molar-refractivity contribution < 1.29 is 17.9 Å². The molecule has 1 aromatic heterocycles. The maximum absolute atomic E-state index is 12.6. The first-order valence-corrected chi connectivity index (χ1v) is 9.92. The summed E-state index contributed by atoms with van der Waals surface area (Å²) in [7, 11) is 0.117. The van der Waals surface area contributed by atoms with Crippen LogP contribution in [0, 0.1) is 0 Å². The summed E-state index contributed by atoms with van der Waals surface area (Å²) in [6, 6.07) is 8.45. The number of sulfone groups is 1. The van der Waals surface area contributed by atoms with Gasteiger partial charge >= 0.3 is 0 Å². The summed E-state index contributed by atoms with van der Waals surface area (Å²) in [6.45, 7) is 0. The molecule has 1 amide bonds. The largest absolute Gasteiger partial charge is 0.497 e. The van der Waals surface area contributed by atoms with Crippen LogP contribution in [0.25, 0.3) is 0 Å². The number of rotatable bonds is 5. The van der Waals surface area contributed by atoms with Crippen molar-refractivity contribution >= 4 is 27.4 Å². The number of hydrogen-bond acceptors (Lipinski definition) is 7. The van der Waals surface area contributed by atoms with Crippen molar-refractivity contribution in [3.63, 3.8) is 0 Å². The van der Waals surface area contributed by atoms with Crippen molar-refractivity contribution in [2.75, 3.05) is 31.0 Å². The fourth-order valence-electron chi connectivity index (χ4n) is 2.80. The minimum absolute atomic E-state index is 0.00472. The van der Waals surface area contributed by atoms with E-state index in [1.165, 1.54) is 17.2 Å². The minimum atomic E-state index is -3.06. The monoisotopic (exact) mass is 376 g/mol. The third kappa shape index (κ3) is 4.10. The average molecular weight is 376 g/mol. The predicted molar refractivity (Wildman–Crippen MR) is 97.5 cm³/mol. The molecule has 0 saturated carbocycles. The molecule has 8 nitrogen and oxygen atoms in total. The van der Waals surface area contributed by atoms with Crippen LogP contribution >= 0.6 is 0 Å². The lowest BCUT2D eigenvalue weighted by atomic mass is 10.2. The quantitative estimate of drug-likeness (QED) is 0.843. The summed E-state index contributed by atoms with van der Waals surface area (Å²) in [5.74, 6) is 0.737. The Hall–Kier alpha value is -2.68. The molecule has 1 aromatic carbocycles. The molecule has 26 heavy (non-hydrogen) atoms. The van der Waals surface area contributed by atoms with Crippen LogP contribution in [0.1, 0.15) is 16.9 Å². The number of nitrogens with one attached hydrogen (secondary N) is 1. The van der Waals surface area contributed by atoms with E-state index in [0.29, 0.717) is 12.2 Å². The van der Waals surface area contributed by atoms with Gasteiger partial charge in [0.1, 0.15) is 11.4 Å². The SMILES string of the molecule is COc1cccc(Nc2nccc(C(=O)N(C)C3CCS(=O)(=O)C3)n2)c1. The van der Waals surface area contributed by atoms with Gasteiger partial charge in [-0.2, -0.15) is 0 Å². The number of hydrogen-bond donors (Lipinski definition) is 1. The third-order valence-electron chi connectivity index (χ3n) is 4.28. The van der Waals surface area contributed by atoms with Crippen molar-refractivity contribution in [1.82, 2.24) is 14.9 Å². The second kappa shape index (κ2) is 7.28. The van der Waals surface area contributed by atoms with Crippen molar-refractivity contribution in [2.45, 2.75) is 12.5 Å². The predicted octanol–water partition coefficient (Wildman–Crippen LogP) is 1.49. The van der Waals surface area contributed by atoms with Crippen molar-refractivity contribution in [1.29, 1.82) is 0 Å². The zero-order valence-corrected chi connectivity index (χ0v) is 15.4. The van der Waals surface area contributed by atoms with Gasteiger partial charge in [-0.3, -0.25) is 4.79 Å². The standard InChI is InChI=1S/C17H20N4O4S/c1-21(13-7-9-26(23,24)11-13)16(22)15-6-8-18-17(20-15)19-12-4-3-5-14(10-12)25-2/h3-6,8,10,13H,7,9,11H2,1-2H3,(H,18,19,20). The van der Waals surface area contributed by atoms with E-state index >= 15 is 0 Å². The van der Waals surface area contributed by atoms with Crippen LogP contribution in [0.2, 0.25) is 0 Å². The highest BCUT2D eigenvalue weighted by molar-refractivity contribution is 7.91. The Labute approximate surface area is 152 Å². The summed E-state index contributed by atoms with van der Waals surface area (Å²) < 4.78 is 28.4. The van der Waals surface area contributed by atoms with E-state index < -0.39 is 9.84 Å². The van der Waals surface area contributed by atoms with E-state index in [2.05, 4.69) is 15.3 Å². The molecule has 1 atom stereocenters. The molecule has 0 aliphatic carbocycles. The molecule has 1 aliphatic rings. The number of ether oxygens (including phenoxy) is 1. The van der Waals surface area contributed by atoms with Crippen LogP contribution in [-0.4, -0.2) is 60.9 Å². The smallest absolute Gasteiger partial charge is 0.272 e. The van der Waals surface area contributed by atoms with E-state index in [4.69, 9.17) is 4.74 Å². The molecule has 1 fully saturated rings. The second-order valence-electron chi connectivity index (χ2n) is 6.10. The number of carbonyl (C=O) groups is 1. The van der Waals surface area contributed by atoms with Gasteiger partial charge < -0.3 is 15.0 Å². The zero-order valence-electron chi connectivity index (χ0n) is 14.5. The van der Waals surface area contributed by atoms with E-state index in [1.54, 1.807) is 20.2 Å². The first-order chi connectivity index (χ1) is 12.4. The number of nitrogens with zero attached hydrogens (tertiary/aromatic N) is 3. The van der Waals surface area contributed by atoms with Gasteiger partial charge in [-0.1, -0.05) is 6.07 Å². The summed E-state index contributed by atoms with van der Waals surface area (Å²) in [4.78, 5) is 22.5. The molecule has 9 heteroatoms. The Bertz CT molecular complexity index is 916. The summed E-state index contributed by atoms with van der Waals surface area (Å²) >= 11 is 0. The lowest BCUT2D eigenvalue weighted by Gasteiger charge is -2.23. The van der Waals surface area contributed by atoms with Crippen LogP contribution in [0.3, 0.4) is 0 Å². The van der Waals surface area contributed by atoms with E-state index in [0.717, 1.165) is 5.69 Å². The number of carbonyl (C=O) groups excluding carboxylic acids is 1. The van der Waals surface area contributed by atoms with Crippen LogP contribution in [0.5, 0.6) is 5.75 Å². The summed E-state index contributed by atoms with van der Waals surface area (Å²) in [5.41, 5.74) is 0.932. The second-order valence-corrected chi connectivity index (χ2v) is 8.32. The lowest BCUT2D eigenvalue weighted by molar-refractivity contribution is 0.0741. The van der Waals surface area contributed by atoms with Gasteiger partial charge in [0, 0.05) is 31.0 Å². The first kappa shape index (κ1) is 18.1. The fourth-order valence-corrected chi connectivity index (χ4v) is 4.57. The van der Waals surface area contributed by atoms with Gasteiger partial charge in [0.05, 0.1) is 18.6 Å². The van der Waals surface area contributed by atoms with E-state index in [1.807, 2.05) is 18.2 Å². The highest BCUT2D eigenvalue weighted by Crippen LogP contribution is 2.21. The topological polar surface area (TPSA) is 101 Å². The Kier molecular flexibility index (Phi) is 5.08. The van der Waals surface area contributed by atoms with Crippen molar-refractivity contribution in [3.8, 4) is 5.75 Å². The van der Waals surface area contributed by atoms with Gasteiger partial charge in [-0.25, -0.2) is 18.4 Å². The number of amides is 1. The van der Waals surface area contributed by atoms with Gasteiger partial charge in [-0.15, -0.1) is 0 Å². The minimum Gasteiger partial charge on any atom is -0.497 e. The van der Waals surface area contributed by atoms with Crippen LogP contribution in [0.15, 0.2) is 36.5 Å². The number of aromatic nitrogens is 2. The normalized spacial score (nSPS) is 18.3. The Morgan fingerprint density at radius 1 is 1.35 bits per heavy atom. The lowest BCUT2D eigenvalue weighted by Crippen LogP contribution is -2.38. The molecule has 0 radical (unpaired) electrons. The Morgan fingerprint density at radius 2 is 2.15 bits per heavy atom. The van der Waals surface area contributed by atoms with Crippen molar-refractivity contribution in [2.24, 2.45) is 0 Å². The third-order valence-corrected chi connectivity index (χ3v) is 6.03. The fraction of sp³-hybridized carbons (Fsp3) is 0.353. The molecule has 0 spiro atoms. The van der Waals surface area contributed by atoms with Crippen molar-refractivity contribution in [3.05, 3.63) is 42.2 Å². The number of methoxy groups -OCH3 is 1. The van der Waals surface area contributed by atoms with Crippen LogP contribution in [0.4, 0.5) is 11.6 Å². The number of anilines is 2. The molecular formula is C17H20N4O4S. The molecule has 1 unspecified atom stereocenters. The Morgan fingerprint density at radius 3 is 2.85 bits per heavy atom. The molecule has 0 bridgehead atoms. The van der Waals surface area contributed by atoms with E-state index in [-0.39, 0.29) is 35.1 Å². The molecule has 138 valence electrons. The molecular weight excluding hydrogens is 356 g/mol. The zero-order chi connectivity index (χ0) is 18.7. The molecule has 1 aliphatic heterocycles. The Balaban J connectivity index is 1.75.